The number of carbonyl (C=O) groups excluding carboxylic acids is 1. The van der Waals surface area contributed by atoms with E-state index in [0.29, 0.717) is 11.6 Å². The van der Waals surface area contributed by atoms with Crippen LogP contribution in [0.2, 0.25) is 0 Å². The van der Waals surface area contributed by atoms with Crippen molar-refractivity contribution < 1.29 is 4.79 Å². The van der Waals surface area contributed by atoms with E-state index in [1.54, 1.807) is 12.4 Å². The number of pyridine rings is 1. The highest BCUT2D eigenvalue weighted by molar-refractivity contribution is 5.99. The molecule has 1 unspecified atom stereocenters. The van der Waals surface area contributed by atoms with Gasteiger partial charge in [0.25, 0.3) is 5.91 Å². The Morgan fingerprint density at radius 3 is 2.70 bits per heavy atom. The minimum absolute atomic E-state index is 0.0752. The van der Waals surface area contributed by atoms with Crippen LogP contribution in [-0.2, 0) is 0 Å². The maximum absolute atomic E-state index is 12.6. The normalized spacial score (nSPS) is 17.9. The summed E-state index contributed by atoms with van der Waals surface area (Å²) in [5.74, 6) is 0.0752. The molecule has 1 aliphatic rings. The van der Waals surface area contributed by atoms with Gasteiger partial charge in [-0.25, -0.2) is 0 Å². The fraction of sp³-hybridized carbons (Fsp3) is 0.600. The number of nitrogens with zero attached hydrogens (tertiary/aromatic N) is 3. The molecule has 1 amide bonds. The maximum Gasteiger partial charge on any atom is 0.257 e. The molecule has 2 rings (SSSR count). The van der Waals surface area contributed by atoms with Crippen LogP contribution < -0.4 is 5.32 Å². The molecule has 1 fully saturated rings. The summed E-state index contributed by atoms with van der Waals surface area (Å²) in [6.45, 7) is 7.95. The van der Waals surface area contributed by atoms with E-state index in [4.69, 9.17) is 0 Å². The van der Waals surface area contributed by atoms with Gasteiger partial charge >= 0.3 is 0 Å². The van der Waals surface area contributed by atoms with Crippen molar-refractivity contribution in [3.63, 3.8) is 0 Å². The first kappa shape index (κ1) is 14.8. The molecular formula is C15H24N4O. The van der Waals surface area contributed by atoms with Gasteiger partial charge < -0.3 is 10.2 Å². The Kier molecular flexibility index (Phi) is 4.95. The highest BCUT2D eigenvalue weighted by Crippen LogP contribution is 2.17. The number of amides is 1. The predicted molar refractivity (Wildman–Crippen MR) is 81.0 cm³/mol. The van der Waals surface area contributed by atoms with Gasteiger partial charge in [-0.05, 0) is 19.4 Å². The van der Waals surface area contributed by atoms with Crippen LogP contribution in [0.5, 0.6) is 0 Å². The maximum atomic E-state index is 12.6. The molecule has 0 spiro atoms. The van der Waals surface area contributed by atoms with Crippen molar-refractivity contribution in [1.29, 1.82) is 0 Å². The quantitative estimate of drug-likeness (QED) is 0.909. The van der Waals surface area contributed by atoms with Crippen molar-refractivity contribution in [2.45, 2.75) is 26.3 Å². The highest BCUT2D eigenvalue weighted by atomic mass is 16.2. The summed E-state index contributed by atoms with van der Waals surface area (Å²) >= 11 is 0. The van der Waals surface area contributed by atoms with E-state index >= 15 is 0 Å². The van der Waals surface area contributed by atoms with Gasteiger partial charge in [0.1, 0.15) is 0 Å². The minimum Gasteiger partial charge on any atom is -0.387 e. The Labute approximate surface area is 121 Å². The van der Waals surface area contributed by atoms with Crippen LogP contribution in [0.15, 0.2) is 18.5 Å². The average molecular weight is 276 g/mol. The van der Waals surface area contributed by atoms with Gasteiger partial charge in [-0.15, -0.1) is 0 Å². The van der Waals surface area contributed by atoms with Crippen molar-refractivity contribution in [2.75, 3.05) is 38.5 Å². The third-order valence-corrected chi connectivity index (χ3v) is 4.14. The van der Waals surface area contributed by atoms with Crippen LogP contribution in [0.3, 0.4) is 0 Å². The molecule has 20 heavy (non-hydrogen) atoms. The van der Waals surface area contributed by atoms with Crippen molar-refractivity contribution in [3.8, 4) is 0 Å². The Balaban J connectivity index is 2.01. The molecule has 2 heterocycles. The zero-order valence-corrected chi connectivity index (χ0v) is 12.6. The van der Waals surface area contributed by atoms with Gasteiger partial charge in [-0.3, -0.25) is 14.7 Å². The number of aromatic nitrogens is 1. The van der Waals surface area contributed by atoms with Crippen molar-refractivity contribution >= 4 is 11.6 Å². The fourth-order valence-electron chi connectivity index (χ4n) is 2.58. The molecule has 0 radical (unpaired) electrons. The molecule has 0 aliphatic carbocycles. The van der Waals surface area contributed by atoms with Gasteiger partial charge in [0.2, 0.25) is 0 Å². The lowest BCUT2D eigenvalue weighted by Gasteiger charge is -2.38. The van der Waals surface area contributed by atoms with E-state index < -0.39 is 0 Å². The average Bonchev–Trinajstić information content (AvgIpc) is 2.53. The molecule has 110 valence electrons. The van der Waals surface area contributed by atoms with E-state index in [1.165, 1.54) is 0 Å². The summed E-state index contributed by atoms with van der Waals surface area (Å²) in [6, 6.07) is 2.43. The lowest BCUT2D eigenvalue weighted by atomic mass is 10.1. The van der Waals surface area contributed by atoms with Gasteiger partial charge in [0.15, 0.2) is 0 Å². The first-order chi connectivity index (χ1) is 9.67. The van der Waals surface area contributed by atoms with Crippen LogP contribution in [-0.4, -0.2) is 60.0 Å². The second-order valence-corrected chi connectivity index (χ2v) is 5.26. The zero-order valence-electron chi connectivity index (χ0n) is 12.6. The van der Waals surface area contributed by atoms with E-state index in [1.807, 2.05) is 18.0 Å². The molecule has 1 aromatic heterocycles. The van der Waals surface area contributed by atoms with E-state index in [2.05, 4.69) is 29.0 Å². The summed E-state index contributed by atoms with van der Waals surface area (Å²) in [6.07, 6.45) is 4.50. The van der Waals surface area contributed by atoms with Crippen molar-refractivity contribution in [3.05, 3.63) is 24.0 Å². The lowest BCUT2D eigenvalue weighted by Crippen LogP contribution is -2.51. The zero-order chi connectivity index (χ0) is 14.5. The van der Waals surface area contributed by atoms with E-state index in [0.717, 1.165) is 38.3 Å². The molecule has 0 aromatic carbocycles. The second-order valence-electron chi connectivity index (χ2n) is 5.26. The Hall–Kier alpha value is -1.62. The largest absolute Gasteiger partial charge is 0.387 e. The molecule has 0 bridgehead atoms. The number of anilines is 1. The number of piperazine rings is 1. The van der Waals surface area contributed by atoms with Crippen molar-refractivity contribution in [2.24, 2.45) is 0 Å². The Morgan fingerprint density at radius 2 is 2.10 bits per heavy atom. The molecule has 5 heteroatoms. The molecule has 5 nitrogen and oxygen atoms in total. The number of rotatable bonds is 4. The Bertz CT molecular complexity index is 455. The van der Waals surface area contributed by atoms with Gasteiger partial charge in [-0.2, -0.15) is 0 Å². The molecule has 1 aliphatic heterocycles. The number of hydrogen-bond acceptors (Lipinski definition) is 4. The molecule has 1 saturated heterocycles. The number of hydrogen-bond donors (Lipinski definition) is 1. The van der Waals surface area contributed by atoms with E-state index in [-0.39, 0.29) is 5.91 Å². The molecule has 0 saturated carbocycles. The van der Waals surface area contributed by atoms with Gasteiger partial charge in [0, 0.05) is 57.3 Å². The monoisotopic (exact) mass is 276 g/mol. The van der Waals surface area contributed by atoms with Crippen LogP contribution >= 0.6 is 0 Å². The standard InChI is InChI=1S/C15H24N4O/c1-4-12(2)18-7-9-19(10-8-18)15(20)13-11-17-6-5-14(13)16-3/h5-6,11-12H,4,7-10H2,1-3H3,(H,16,17). The Morgan fingerprint density at radius 1 is 1.40 bits per heavy atom. The summed E-state index contributed by atoms with van der Waals surface area (Å²) in [5, 5.41) is 3.05. The smallest absolute Gasteiger partial charge is 0.257 e. The third kappa shape index (κ3) is 3.10. The van der Waals surface area contributed by atoms with E-state index in [9.17, 15) is 4.79 Å². The number of nitrogens with one attached hydrogen (secondary N) is 1. The summed E-state index contributed by atoms with van der Waals surface area (Å²) < 4.78 is 0. The molecular weight excluding hydrogens is 252 g/mol. The lowest BCUT2D eigenvalue weighted by molar-refractivity contribution is 0.0580. The van der Waals surface area contributed by atoms with Crippen molar-refractivity contribution in [1.82, 2.24) is 14.8 Å². The topological polar surface area (TPSA) is 48.5 Å². The molecule has 1 N–H and O–H groups in total. The predicted octanol–water partition coefficient (Wildman–Crippen LogP) is 1.68. The summed E-state index contributed by atoms with van der Waals surface area (Å²) in [5.41, 5.74) is 1.50. The van der Waals surface area contributed by atoms with Crippen LogP contribution in [0.4, 0.5) is 5.69 Å². The van der Waals surface area contributed by atoms with Gasteiger partial charge in [0.05, 0.1) is 5.56 Å². The van der Waals surface area contributed by atoms with Gasteiger partial charge in [-0.1, -0.05) is 6.92 Å². The minimum atomic E-state index is 0.0752. The van der Waals surface area contributed by atoms with Crippen LogP contribution in [0.25, 0.3) is 0 Å². The van der Waals surface area contributed by atoms with Crippen LogP contribution in [0, 0.1) is 0 Å². The first-order valence-electron chi connectivity index (χ1n) is 7.32. The van der Waals surface area contributed by atoms with Crippen LogP contribution in [0.1, 0.15) is 30.6 Å². The SMILES string of the molecule is CCC(C)N1CCN(C(=O)c2cnccc2NC)CC1. The highest BCUT2D eigenvalue weighted by Gasteiger charge is 2.25. The third-order valence-electron chi connectivity index (χ3n) is 4.14. The number of carbonyl (C=O) groups is 1. The molecule has 1 aromatic rings. The first-order valence-corrected chi connectivity index (χ1v) is 7.32. The summed E-state index contributed by atoms with van der Waals surface area (Å²) in [4.78, 5) is 21.0. The fourth-order valence-corrected chi connectivity index (χ4v) is 2.58. The molecule has 1 atom stereocenters. The summed E-state index contributed by atoms with van der Waals surface area (Å²) in [7, 11) is 1.83. The second kappa shape index (κ2) is 6.70.